The van der Waals surface area contributed by atoms with Crippen LogP contribution in [0.1, 0.15) is 39.5 Å². The number of hydrogen-bond donors (Lipinski definition) is 1. The van der Waals surface area contributed by atoms with Crippen molar-refractivity contribution < 1.29 is 0 Å². The zero-order valence-corrected chi connectivity index (χ0v) is 12.2. The Morgan fingerprint density at radius 2 is 2.00 bits per heavy atom. The van der Waals surface area contributed by atoms with Crippen molar-refractivity contribution in [1.29, 1.82) is 0 Å². The van der Waals surface area contributed by atoms with E-state index >= 15 is 0 Å². The molecule has 1 rings (SSSR count). The smallest absolute Gasteiger partial charge is 0.0223 e. The van der Waals surface area contributed by atoms with E-state index in [0.717, 1.165) is 12.6 Å². The lowest BCUT2D eigenvalue weighted by molar-refractivity contribution is 0.206. The molecule has 0 aromatic rings. The van der Waals surface area contributed by atoms with Crippen LogP contribution in [0.3, 0.4) is 0 Å². The van der Waals surface area contributed by atoms with Gasteiger partial charge in [-0.25, -0.2) is 0 Å². The minimum absolute atomic E-state index is 0.713. The Morgan fingerprint density at radius 3 is 2.59 bits per heavy atom. The second kappa shape index (κ2) is 8.06. The quantitative estimate of drug-likeness (QED) is 0.699. The third kappa shape index (κ3) is 5.36. The Kier molecular flexibility index (Phi) is 7.09. The average molecular weight is 241 g/mol. The molecule has 1 unspecified atom stereocenters. The van der Waals surface area contributed by atoms with Gasteiger partial charge in [0.2, 0.25) is 0 Å². The molecule has 0 radical (unpaired) electrons. The Morgan fingerprint density at radius 1 is 1.29 bits per heavy atom. The van der Waals surface area contributed by atoms with Gasteiger partial charge in [-0.05, 0) is 46.3 Å². The zero-order chi connectivity index (χ0) is 12.7. The van der Waals surface area contributed by atoms with Crippen LogP contribution < -0.4 is 5.32 Å². The van der Waals surface area contributed by atoms with Crippen molar-refractivity contribution in [3.63, 3.8) is 0 Å². The molecule has 1 aliphatic rings. The lowest BCUT2D eigenvalue weighted by atomic mass is 10.2. The van der Waals surface area contributed by atoms with E-state index in [4.69, 9.17) is 0 Å². The molecule has 1 aliphatic heterocycles. The van der Waals surface area contributed by atoms with Crippen molar-refractivity contribution >= 4 is 0 Å². The summed E-state index contributed by atoms with van der Waals surface area (Å²) < 4.78 is 0. The van der Waals surface area contributed by atoms with Crippen molar-refractivity contribution in [3.8, 4) is 0 Å². The minimum Gasteiger partial charge on any atom is -0.313 e. The highest BCUT2D eigenvalue weighted by Crippen LogP contribution is 2.16. The Bertz CT molecular complexity index is 190. The Hall–Kier alpha value is -0.120. The van der Waals surface area contributed by atoms with Crippen LogP contribution in [-0.2, 0) is 0 Å². The minimum atomic E-state index is 0.713. The van der Waals surface area contributed by atoms with E-state index in [0.29, 0.717) is 6.04 Å². The Labute approximate surface area is 108 Å². The van der Waals surface area contributed by atoms with Gasteiger partial charge in [0.1, 0.15) is 0 Å². The number of likely N-dealkylation sites (N-methyl/N-ethyl adjacent to an activating group) is 1. The fraction of sp³-hybridized carbons (Fsp3) is 1.00. The van der Waals surface area contributed by atoms with Crippen LogP contribution >= 0.6 is 0 Å². The molecule has 0 spiro atoms. The molecule has 0 amide bonds. The average Bonchev–Trinajstić information content (AvgIpc) is 2.71. The van der Waals surface area contributed by atoms with Crippen LogP contribution in [0.2, 0.25) is 0 Å². The van der Waals surface area contributed by atoms with Gasteiger partial charge in [0.15, 0.2) is 0 Å². The summed E-state index contributed by atoms with van der Waals surface area (Å²) in [4.78, 5) is 4.98. The monoisotopic (exact) mass is 241 g/mol. The highest BCUT2D eigenvalue weighted by atomic mass is 15.2. The number of rotatable bonds is 8. The summed E-state index contributed by atoms with van der Waals surface area (Å²) in [6, 6.07) is 1.50. The molecule has 1 heterocycles. The predicted octanol–water partition coefficient (Wildman–Crippen LogP) is 1.79. The molecule has 0 saturated carbocycles. The van der Waals surface area contributed by atoms with Crippen molar-refractivity contribution in [2.75, 3.05) is 40.3 Å². The fourth-order valence-corrected chi connectivity index (χ4v) is 2.81. The van der Waals surface area contributed by atoms with Crippen molar-refractivity contribution in [2.24, 2.45) is 0 Å². The molecule has 1 saturated heterocycles. The molecule has 0 aliphatic carbocycles. The van der Waals surface area contributed by atoms with E-state index in [2.05, 4.69) is 43.1 Å². The largest absolute Gasteiger partial charge is 0.313 e. The fourth-order valence-electron chi connectivity index (χ4n) is 2.81. The van der Waals surface area contributed by atoms with E-state index in [1.54, 1.807) is 0 Å². The van der Waals surface area contributed by atoms with Gasteiger partial charge in [-0.15, -0.1) is 0 Å². The van der Waals surface area contributed by atoms with Gasteiger partial charge in [-0.3, -0.25) is 4.90 Å². The van der Waals surface area contributed by atoms with Crippen molar-refractivity contribution in [2.45, 2.75) is 51.6 Å². The molecule has 3 nitrogen and oxygen atoms in total. The number of nitrogens with one attached hydrogen (secondary N) is 1. The molecule has 102 valence electrons. The van der Waals surface area contributed by atoms with Crippen LogP contribution in [-0.4, -0.2) is 62.2 Å². The normalized spacial score (nSPS) is 21.9. The second-order valence-electron chi connectivity index (χ2n) is 5.56. The highest BCUT2D eigenvalue weighted by Gasteiger charge is 2.24. The van der Waals surface area contributed by atoms with E-state index in [1.165, 1.54) is 45.3 Å². The SMILES string of the molecule is CCC(CC)NCCN1CCCC1CN(C)C. The molecule has 3 heteroatoms. The maximum absolute atomic E-state index is 3.66. The number of nitrogens with zero attached hydrogens (tertiary/aromatic N) is 2. The van der Waals surface area contributed by atoms with Crippen LogP contribution in [0.15, 0.2) is 0 Å². The van der Waals surface area contributed by atoms with Crippen LogP contribution in [0.25, 0.3) is 0 Å². The third-order valence-electron chi connectivity index (χ3n) is 3.89. The van der Waals surface area contributed by atoms with E-state index in [-0.39, 0.29) is 0 Å². The van der Waals surface area contributed by atoms with E-state index in [1.807, 2.05) is 0 Å². The summed E-state index contributed by atoms with van der Waals surface area (Å²) in [6.07, 6.45) is 5.25. The molecule has 0 aromatic carbocycles. The Balaban J connectivity index is 2.21. The van der Waals surface area contributed by atoms with Crippen LogP contribution in [0.5, 0.6) is 0 Å². The lowest BCUT2D eigenvalue weighted by Gasteiger charge is -2.27. The van der Waals surface area contributed by atoms with E-state index in [9.17, 15) is 0 Å². The summed E-state index contributed by atoms with van der Waals surface area (Å²) in [5, 5.41) is 3.66. The number of hydrogen-bond acceptors (Lipinski definition) is 3. The van der Waals surface area contributed by atoms with Crippen molar-refractivity contribution in [3.05, 3.63) is 0 Å². The first-order chi connectivity index (χ1) is 8.17. The summed E-state index contributed by atoms with van der Waals surface area (Å²) in [6.45, 7) is 9.41. The molecular weight excluding hydrogens is 210 g/mol. The first-order valence-electron chi connectivity index (χ1n) is 7.29. The van der Waals surface area contributed by atoms with Gasteiger partial charge >= 0.3 is 0 Å². The molecule has 1 atom stereocenters. The van der Waals surface area contributed by atoms with Crippen LogP contribution in [0.4, 0.5) is 0 Å². The third-order valence-corrected chi connectivity index (χ3v) is 3.89. The highest BCUT2D eigenvalue weighted by molar-refractivity contribution is 4.81. The predicted molar refractivity (Wildman–Crippen MR) is 75.5 cm³/mol. The first kappa shape index (κ1) is 14.9. The van der Waals surface area contributed by atoms with E-state index < -0.39 is 0 Å². The lowest BCUT2D eigenvalue weighted by Crippen LogP contribution is -2.42. The first-order valence-corrected chi connectivity index (χ1v) is 7.29. The summed E-state index contributed by atoms with van der Waals surface area (Å²) in [5.74, 6) is 0. The second-order valence-corrected chi connectivity index (χ2v) is 5.56. The molecule has 0 aromatic heterocycles. The van der Waals surface area contributed by atoms with Crippen LogP contribution in [0, 0.1) is 0 Å². The molecule has 0 bridgehead atoms. The van der Waals surface area contributed by atoms with Gasteiger partial charge in [0.25, 0.3) is 0 Å². The zero-order valence-electron chi connectivity index (χ0n) is 12.2. The summed E-state index contributed by atoms with van der Waals surface area (Å²) in [7, 11) is 4.36. The molecule has 1 N–H and O–H groups in total. The van der Waals surface area contributed by atoms with Gasteiger partial charge in [-0.2, -0.15) is 0 Å². The molecular formula is C14H31N3. The maximum atomic E-state index is 3.66. The summed E-state index contributed by atoms with van der Waals surface area (Å²) >= 11 is 0. The van der Waals surface area contributed by atoms with Gasteiger partial charge in [0.05, 0.1) is 0 Å². The van der Waals surface area contributed by atoms with Gasteiger partial charge in [0, 0.05) is 31.7 Å². The number of likely N-dealkylation sites (tertiary alicyclic amines) is 1. The molecule has 17 heavy (non-hydrogen) atoms. The maximum Gasteiger partial charge on any atom is 0.0223 e. The molecule has 1 fully saturated rings. The standard InChI is InChI=1S/C14H31N3/c1-5-13(6-2)15-9-11-17-10-7-8-14(17)12-16(3)4/h13-15H,5-12H2,1-4H3. The van der Waals surface area contributed by atoms with Gasteiger partial charge in [-0.1, -0.05) is 13.8 Å². The van der Waals surface area contributed by atoms with Crippen molar-refractivity contribution in [1.82, 2.24) is 15.1 Å². The van der Waals surface area contributed by atoms with Gasteiger partial charge < -0.3 is 10.2 Å². The summed E-state index contributed by atoms with van der Waals surface area (Å²) in [5.41, 5.74) is 0. The topological polar surface area (TPSA) is 18.5 Å².